The van der Waals surface area contributed by atoms with E-state index >= 15 is 0 Å². The van der Waals surface area contributed by atoms with Gasteiger partial charge in [-0.25, -0.2) is 9.97 Å². The minimum absolute atomic E-state index is 0.334. The first-order valence-electron chi connectivity index (χ1n) is 5.74. The van der Waals surface area contributed by atoms with Crippen molar-refractivity contribution in [2.24, 2.45) is 5.92 Å². The van der Waals surface area contributed by atoms with E-state index in [1.807, 2.05) is 0 Å². The summed E-state index contributed by atoms with van der Waals surface area (Å²) in [6, 6.07) is 1.77. The number of hydrogen-bond donors (Lipinski definition) is 1. The second-order valence-corrected chi connectivity index (χ2v) is 3.90. The van der Waals surface area contributed by atoms with Gasteiger partial charge in [0.2, 0.25) is 5.88 Å². The van der Waals surface area contributed by atoms with Crippen molar-refractivity contribution in [1.29, 1.82) is 0 Å². The molecule has 1 N–H and O–H groups in total. The monoisotopic (exact) mass is 224 g/mol. The van der Waals surface area contributed by atoms with Crippen LogP contribution in [0, 0.1) is 5.92 Å². The number of aliphatic hydroxyl groups excluding tert-OH is 1. The van der Waals surface area contributed by atoms with Crippen molar-refractivity contribution in [3.05, 3.63) is 18.1 Å². The van der Waals surface area contributed by atoms with Crippen molar-refractivity contribution in [3.8, 4) is 5.88 Å². The number of aromatic nitrogens is 2. The van der Waals surface area contributed by atoms with Crippen LogP contribution in [0.1, 0.15) is 32.4 Å². The van der Waals surface area contributed by atoms with E-state index in [1.54, 1.807) is 13.2 Å². The Labute approximate surface area is 96.7 Å². The third-order valence-electron chi connectivity index (χ3n) is 2.92. The number of ether oxygens (including phenoxy) is 1. The standard InChI is InChI=1S/C12H20N2O2/c1-4-9(5-2)11(15)6-10-7-12(16-3)14-8-13-10/h7-9,11,15H,4-6H2,1-3H3. The molecule has 0 bridgehead atoms. The molecule has 1 atom stereocenters. The Hall–Kier alpha value is -1.16. The lowest BCUT2D eigenvalue weighted by Crippen LogP contribution is -2.22. The molecule has 0 aromatic carbocycles. The molecule has 0 radical (unpaired) electrons. The molecular formula is C12H20N2O2. The topological polar surface area (TPSA) is 55.2 Å². The summed E-state index contributed by atoms with van der Waals surface area (Å²) in [5, 5.41) is 10.0. The molecular weight excluding hydrogens is 204 g/mol. The molecule has 0 saturated heterocycles. The molecule has 0 saturated carbocycles. The first kappa shape index (κ1) is 12.9. The van der Waals surface area contributed by atoms with E-state index in [-0.39, 0.29) is 6.10 Å². The fourth-order valence-electron chi connectivity index (χ4n) is 1.81. The summed E-state index contributed by atoms with van der Waals surface area (Å²) < 4.78 is 5.02. The zero-order chi connectivity index (χ0) is 12.0. The predicted octanol–water partition coefficient (Wildman–Crippen LogP) is 1.82. The minimum Gasteiger partial charge on any atom is -0.481 e. The number of methoxy groups -OCH3 is 1. The lowest BCUT2D eigenvalue weighted by atomic mass is 9.93. The molecule has 0 aliphatic heterocycles. The normalized spacial score (nSPS) is 12.8. The van der Waals surface area contributed by atoms with E-state index in [0.29, 0.717) is 18.2 Å². The zero-order valence-corrected chi connectivity index (χ0v) is 10.2. The van der Waals surface area contributed by atoms with Gasteiger partial charge in [-0.3, -0.25) is 0 Å². The zero-order valence-electron chi connectivity index (χ0n) is 10.2. The molecule has 4 nitrogen and oxygen atoms in total. The van der Waals surface area contributed by atoms with Crippen molar-refractivity contribution in [3.63, 3.8) is 0 Å². The first-order chi connectivity index (χ1) is 7.71. The third kappa shape index (κ3) is 3.45. The van der Waals surface area contributed by atoms with Gasteiger partial charge in [0, 0.05) is 12.5 Å². The minimum atomic E-state index is -0.338. The summed E-state index contributed by atoms with van der Waals surface area (Å²) in [5.41, 5.74) is 0.825. The highest BCUT2D eigenvalue weighted by Crippen LogP contribution is 2.17. The van der Waals surface area contributed by atoms with Gasteiger partial charge in [-0.15, -0.1) is 0 Å². The van der Waals surface area contributed by atoms with Crippen molar-refractivity contribution < 1.29 is 9.84 Å². The van der Waals surface area contributed by atoms with Crippen LogP contribution in [0.25, 0.3) is 0 Å². The Balaban J connectivity index is 2.64. The van der Waals surface area contributed by atoms with Crippen LogP contribution in [0.3, 0.4) is 0 Å². The molecule has 1 rings (SSSR count). The third-order valence-corrected chi connectivity index (χ3v) is 2.92. The van der Waals surface area contributed by atoms with Gasteiger partial charge in [-0.2, -0.15) is 0 Å². The van der Waals surface area contributed by atoms with Gasteiger partial charge in [0.25, 0.3) is 0 Å². The van der Waals surface area contributed by atoms with Crippen LogP contribution >= 0.6 is 0 Å². The molecule has 1 aromatic rings. The molecule has 1 heterocycles. The Morgan fingerprint density at radius 1 is 1.31 bits per heavy atom. The van der Waals surface area contributed by atoms with E-state index in [9.17, 15) is 5.11 Å². The van der Waals surface area contributed by atoms with Crippen LogP contribution in [0.4, 0.5) is 0 Å². The van der Waals surface area contributed by atoms with Crippen LogP contribution in [-0.2, 0) is 6.42 Å². The van der Waals surface area contributed by atoms with Gasteiger partial charge < -0.3 is 9.84 Å². The molecule has 1 aromatic heterocycles. The van der Waals surface area contributed by atoms with E-state index in [1.165, 1.54) is 6.33 Å². The van der Waals surface area contributed by atoms with Crippen LogP contribution < -0.4 is 4.74 Å². The van der Waals surface area contributed by atoms with Gasteiger partial charge in [0.15, 0.2) is 0 Å². The Bertz CT molecular complexity index is 314. The molecule has 90 valence electrons. The molecule has 0 fully saturated rings. The lowest BCUT2D eigenvalue weighted by molar-refractivity contribution is 0.102. The Morgan fingerprint density at radius 3 is 2.56 bits per heavy atom. The second-order valence-electron chi connectivity index (χ2n) is 3.90. The molecule has 16 heavy (non-hydrogen) atoms. The van der Waals surface area contributed by atoms with Gasteiger partial charge in [0.1, 0.15) is 6.33 Å². The molecule has 0 spiro atoms. The van der Waals surface area contributed by atoms with Crippen molar-refractivity contribution in [2.45, 2.75) is 39.2 Å². The lowest BCUT2D eigenvalue weighted by Gasteiger charge is -2.19. The highest BCUT2D eigenvalue weighted by molar-refractivity contribution is 5.14. The summed E-state index contributed by atoms with van der Waals surface area (Å²) in [4.78, 5) is 8.06. The van der Waals surface area contributed by atoms with E-state index < -0.39 is 0 Å². The predicted molar refractivity (Wildman–Crippen MR) is 62.4 cm³/mol. The fourth-order valence-corrected chi connectivity index (χ4v) is 1.81. The van der Waals surface area contributed by atoms with Crippen molar-refractivity contribution in [1.82, 2.24) is 9.97 Å². The fraction of sp³-hybridized carbons (Fsp3) is 0.667. The highest BCUT2D eigenvalue weighted by Gasteiger charge is 2.16. The van der Waals surface area contributed by atoms with E-state index in [4.69, 9.17) is 4.74 Å². The second kappa shape index (κ2) is 6.43. The highest BCUT2D eigenvalue weighted by atomic mass is 16.5. The Morgan fingerprint density at radius 2 is 2.00 bits per heavy atom. The van der Waals surface area contributed by atoms with Gasteiger partial charge in [-0.05, 0) is 5.92 Å². The van der Waals surface area contributed by atoms with Gasteiger partial charge in [-0.1, -0.05) is 26.7 Å². The molecule has 0 aliphatic rings. The summed E-state index contributed by atoms with van der Waals surface area (Å²) >= 11 is 0. The van der Waals surface area contributed by atoms with Crippen LogP contribution in [-0.4, -0.2) is 28.3 Å². The summed E-state index contributed by atoms with van der Waals surface area (Å²) in [6.07, 6.45) is 3.66. The van der Waals surface area contributed by atoms with E-state index in [2.05, 4.69) is 23.8 Å². The molecule has 4 heteroatoms. The smallest absolute Gasteiger partial charge is 0.216 e. The summed E-state index contributed by atoms with van der Waals surface area (Å²) in [5.74, 6) is 0.878. The summed E-state index contributed by atoms with van der Waals surface area (Å²) in [6.45, 7) is 4.19. The largest absolute Gasteiger partial charge is 0.481 e. The number of nitrogens with zero attached hydrogens (tertiary/aromatic N) is 2. The Kier molecular flexibility index (Phi) is 5.19. The maximum absolute atomic E-state index is 10.0. The number of hydrogen-bond acceptors (Lipinski definition) is 4. The first-order valence-corrected chi connectivity index (χ1v) is 5.74. The maximum Gasteiger partial charge on any atom is 0.216 e. The van der Waals surface area contributed by atoms with Gasteiger partial charge >= 0.3 is 0 Å². The van der Waals surface area contributed by atoms with Crippen molar-refractivity contribution >= 4 is 0 Å². The average molecular weight is 224 g/mol. The quantitative estimate of drug-likeness (QED) is 0.801. The van der Waals surface area contributed by atoms with Crippen LogP contribution in [0.5, 0.6) is 5.88 Å². The molecule has 0 aliphatic carbocycles. The SMILES string of the molecule is CCC(CC)C(O)Cc1cc(OC)ncn1. The van der Waals surface area contributed by atoms with Crippen LogP contribution in [0.2, 0.25) is 0 Å². The maximum atomic E-state index is 10.0. The average Bonchev–Trinajstić information content (AvgIpc) is 2.31. The summed E-state index contributed by atoms with van der Waals surface area (Å²) in [7, 11) is 1.57. The number of aliphatic hydroxyl groups is 1. The van der Waals surface area contributed by atoms with Crippen LogP contribution in [0.15, 0.2) is 12.4 Å². The van der Waals surface area contributed by atoms with Gasteiger partial charge in [0.05, 0.1) is 18.9 Å². The molecule has 0 amide bonds. The molecule has 1 unspecified atom stereocenters. The van der Waals surface area contributed by atoms with E-state index in [0.717, 1.165) is 18.5 Å². The number of rotatable bonds is 6. The van der Waals surface area contributed by atoms with Crippen molar-refractivity contribution in [2.75, 3.05) is 7.11 Å².